The number of nitrogens with zero attached hydrogens (tertiary/aromatic N) is 3. The van der Waals surface area contributed by atoms with Crippen LogP contribution in [0.25, 0.3) is 11.0 Å². The van der Waals surface area contributed by atoms with E-state index < -0.39 is 0 Å². The van der Waals surface area contributed by atoms with Gasteiger partial charge in [0.05, 0.1) is 29.9 Å². The van der Waals surface area contributed by atoms with Crippen LogP contribution in [0.2, 0.25) is 0 Å². The number of hydrogen-bond donors (Lipinski definition) is 0. The van der Waals surface area contributed by atoms with E-state index >= 15 is 0 Å². The lowest BCUT2D eigenvalue weighted by Crippen LogP contribution is -2.02. The van der Waals surface area contributed by atoms with Crippen LogP contribution in [0.5, 0.6) is 5.75 Å². The van der Waals surface area contributed by atoms with E-state index in [9.17, 15) is 4.79 Å². The van der Waals surface area contributed by atoms with E-state index in [1.54, 1.807) is 29.4 Å². The summed E-state index contributed by atoms with van der Waals surface area (Å²) in [5.41, 5.74) is 4.31. The molecule has 29 heavy (non-hydrogen) atoms. The Balaban J connectivity index is 1.37. The van der Waals surface area contributed by atoms with Crippen molar-refractivity contribution in [3.05, 3.63) is 95.8 Å². The first-order valence-electron chi connectivity index (χ1n) is 9.09. The minimum atomic E-state index is -0.349. The Morgan fingerprint density at radius 1 is 1.03 bits per heavy atom. The normalized spacial score (nSPS) is 11.1. The highest BCUT2D eigenvalue weighted by atomic mass is 16.5. The Kier molecular flexibility index (Phi) is 5.33. The van der Waals surface area contributed by atoms with E-state index in [2.05, 4.69) is 10.1 Å². The topological polar surface area (TPSA) is 65.7 Å². The molecular weight excluding hydrogens is 366 g/mol. The van der Waals surface area contributed by atoms with Crippen molar-refractivity contribution in [2.45, 2.75) is 6.61 Å². The Labute approximate surface area is 168 Å². The largest absolute Gasteiger partial charge is 0.489 e. The fraction of sp³-hybridized carbons (Fsp3) is 0.0870. The van der Waals surface area contributed by atoms with Gasteiger partial charge < -0.3 is 9.47 Å². The zero-order valence-corrected chi connectivity index (χ0v) is 15.9. The first-order valence-corrected chi connectivity index (χ1v) is 9.09. The van der Waals surface area contributed by atoms with Crippen LogP contribution in [-0.4, -0.2) is 29.0 Å². The van der Waals surface area contributed by atoms with E-state index in [4.69, 9.17) is 9.47 Å². The molecule has 6 heteroatoms. The number of benzene rings is 3. The molecule has 1 aromatic heterocycles. The Morgan fingerprint density at radius 3 is 2.55 bits per heavy atom. The third-order valence-corrected chi connectivity index (χ3v) is 4.43. The molecule has 0 saturated carbocycles. The predicted octanol–water partition coefficient (Wildman–Crippen LogP) is 4.28. The first kappa shape index (κ1) is 18.4. The Hall–Kier alpha value is -3.93. The van der Waals surface area contributed by atoms with Crippen molar-refractivity contribution in [2.24, 2.45) is 5.10 Å². The number of ether oxygens (including phenoxy) is 2. The molecule has 0 N–H and O–H groups in total. The number of fused-ring (bicyclic) bond motifs is 1. The lowest BCUT2D eigenvalue weighted by Gasteiger charge is -2.07. The van der Waals surface area contributed by atoms with Gasteiger partial charge in [0.15, 0.2) is 0 Å². The number of methoxy groups -OCH3 is 1. The Morgan fingerprint density at radius 2 is 1.79 bits per heavy atom. The maximum atomic E-state index is 11.5. The lowest BCUT2D eigenvalue weighted by molar-refractivity contribution is 0.0600. The van der Waals surface area contributed by atoms with Crippen molar-refractivity contribution in [3.63, 3.8) is 0 Å². The number of para-hydroxylation sites is 2. The van der Waals surface area contributed by atoms with Crippen LogP contribution in [0, 0.1) is 0 Å². The van der Waals surface area contributed by atoms with Crippen molar-refractivity contribution < 1.29 is 14.3 Å². The molecule has 0 aliphatic heterocycles. The van der Waals surface area contributed by atoms with Gasteiger partial charge >= 0.3 is 5.97 Å². The second-order valence-corrected chi connectivity index (χ2v) is 6.37. The molecule has 4 rings (SSSR count). The standard InChI is InChI=1S/C23H19N3O3/c1-28-23(27)19-10-6-18(7-11-19)15-29-20-12-8-17(9-13-20)14-25-26-16-24-21-4-2-3-5-22(21)26/h2-14,16H,15H2,1H3/b25-14-. The molecule has 6 nitrogen and oxygen atoms in total. The van der Waals surface area contributed by atoms with E-state index in [1.807, 2.05) is 60.7 Å². The average molecular weight is 385 g/mol. The van der Waals surface area contributed by atoms with Gasteiger partial charge in [0.2, 0.25) is 0 Å². The molecule has 0 saturated heterocycles. The summed E-state index contributed by atoms with van der Waals surface area (Å²) in [5, 5.41) is 4.47. The highest BCUT2D eigenvalue weighted by Crippen LogP contribution is 2.15. The Bertz CT molecular complexity index is 1150. The van der Waals surface area contributed by atoms with E-state index in [-0.39, 0.29) is 5.97 Å². The van der Waals surface area contributed by atoms with Crippen molar-refractivity contribution >= 4 is 23.2 Å². The fourth-order valence-electron chi connectivity index (χ4n) is 2.84. The molecule has 0 aliphatic carbocycles. The molecule has 0 amide bonds. The molecule has 1 heterocycles. The molecule has 0 fully saturated rings. The number of rotatable bonds is 6. The third kappa shape index (κ3) is 4.32. The first-order chi connectivity index (χ1) is 14.2. The molecule has 0 atom stereocenters. The fourth-order valence-corrected chi connectivity index (χ4v) is 2.84. The minimum Gasteiger partial charge on any atom is -0.489 e. The second kappa shape index (κ2) is 8.39. The number of esters is 1. The van der Waals surface area contributed by atoms with Crippen LogP contribution in [0.15, 0.2) is 84.2 Å². The van der Waals surface area contributed by atoms with Gasteiger partial charge in [0, 0.05) is 0 Å². The van der Waals surface area contributed by atoms with Crippen molar-refractivity contribution in [1.29, 1.82) is 0 Å². The van der Waals surface area contributed by atoms with E-state index in [1.165, 1.54) is 7.11 Å². The van der Waals surface area contributed by atoms with Gasteiger partial charge in [-0.3, -0.25) is 0 Å². The van der Waals surface area contributed by atoms with Crippen LogP contribution in [0.1, 0.15) is 21.5 Å². The number of aromatic nitrogens is 2. The molecule has 0 bridgehead atoms. The molecule has 0 spiro atoms. The number of carbonyl (C=O) groups is 1. The molecule has 4 aromatic rings. The average Bonchev–Trinajstić information content (AvgIpc) is 3.20. The van der Waals surface area contributed by atoms with Gasteiger partial charge in [-0.25, -0.2) is 14.5 Å². The molecular formula is C23H19N3O3. The second-order valence-electron chi connectivity index (χ2n) is 6.37. The molecule has 144 valence electrons. The molecule has 0 radical (unpaired) electrons. The zero-order chi connectivity index (χ0) is 20.1. The van der Waals surface area contributed by atoms with Gasteiger partial charge in [-0.05, 0) is 59.7 Å². The van der Waals surface area contributed by atoms with Crippen LogP contribution in [0.3, 0.4) is 0 Å². The summed E-state index contributed by atoms with van der Waals surface area (Å²) >= 11 is 0. The van der Waals surface area contributed by atoms with Crippen LogP contribution < -0.4 is 4.74 Å². The maximum absolute atomic E-state index is 11.5. The smallest absolute Gasteiger partial charge is 0.337 e. The predicted molar refractivity (Wildman–Crippen MR) is 111 cm³/mol. The number of imidazole rings is 1. The third-order valence-electron chi connectivity index (χ3n) is 4.43. The van der Waals surface area contributed by atoms with E-state index in [0.717, 1.165) is 27.9 Å². The number of carbonyl (C=O) groups excluding carboxylic acids is 1. The highest BCUT2D eigenvalue weighted by molar-refractivity contribution is 5.89. The molecule has 0 unspecified atom stereocenters. The molecule has 0 aliphatic rings. The lowest BCUT2D eigenvalue weighted by atomic mass is 10.1. The summed E-state index contributed by atoms with van der Waals surface area (Å²) in [5.74, 6) is 0.408. The van der Waals surface area contributed by atoms with Gasteiger partial charge in [0.1, 0.15) is 18.7 Å². The summed E-state index contributed by atoms with van der Waals surface area (Å²) < 4.78 is 12.2. The zero-order valence-electron chi connectivity index (χ0n) is 15.9. The van der Waals surface area contributed by atoms with Gasteiger partial charge in [-0.1, -0.05) is 24.3 Å². The van der Waals surface area contributed by atoms with Crippen molar-refractivity contribution in [1.82, 2.24) is 9.66 Å². The quantitative estimate of drug-likeness (QED) is 0.367. The SMILES string of the molecule is COC(=O)c1ccc(COc2ccc(/C=N\n3cnc4ccccc43)cc2)cc1. The summed E-state index contributed by atoms with van der Waals surface area (Å²) in [6, 6.07) is 22.7. The van der Waals surface area contributed by atoms with Crippen LogP contribution in [-0.2, 0) is 11.3 Å². The van der Waals surface area contributed by atoms with E-state index in [0.29, 0.717) is 12.2 Å². The van der Waals surface area contributed by atoms with Crippen molar-refractivity contribution in [3.8, 4) is 5.75 Å². The maximum Gasteiger partial charge on any atom is 0.337 e. The van der Waals surface area contributed by atoms with Crippen LogP contribution in [0.4, 0.5) is 0 Å². The van der Waals surface area contributed by atoms with Crippen LogP contribution >= 0.6 is 0 Å². The summed E-state index contributed by atoms with van der Waals surface area (Å²) in [6.07, 6.45) is 3.48. The number of hydrogen-bond acceptors (Lipinski definition) is 5. The van der Waals surface area contributed by atoms with Gasteiger partial charge in [-0.15, -0.1) is 0 Å². The summed E-state index contributed by atoms with van der Waals surface area (Å²) in [7, 11) is 1.37. The minimum absolute atomic E-state index is 0.349. The van der Waals surface area contributed by atoms with Gasteiger partial charge in [-0.2, -0.15) is 5.10 Å². The monoisotopic (exact) mass is 385 g/mol. The van der Waals surface area contributed by atoms with Gasteiger partial charge in [0.25, 0.3) is 0 Å². The summed E-state index contributed by atoms with van der Waals surface area (Å²) in [4.78, 5) is 15.8. The summed E-state index contributed by atoms with van der Waals surface area (Å²) in [6.45, 7) is 0.413. The molecule has 3 aromatic carbocycles. The highest BCUT2D eigenvalue weighted by Gasteiger charge is 2.04. The van der Waals surface area contributed by atoms with Crippen molar-refractivity contribution in [2.75, 3.05) is 7.11 Å².